The molecule has 0 aliphatic heterocycles. The fourth-order valence-corrected chi connectivity index (χ4v) is 2.33. The molecule has 0 saturated carbocycles. The Balaban J connectivity index is 1.65. The fraction of sp³-hybridized carbons (Fsp3) is 0.118. The van der Waals surface area contributed by atoms with Crippen molar-refractivity contribution >= 4 is 23.3 Å². The number of hydrogen-bond donors (Lipinski definition) is 3. The van der Waals surface area contributed by atoms with Crippen LogP contribution in [0.4, 0.5) is 20.6 Å². The Hall–Kier alpha value is -3.82. The summed E-state index contributed by atoms with van der Waals surface area (Å²) in [5.74, 6) is -0.457. The molecule has 0 fully saturated rings. The van der Waals surface area contributed by atoms with Crippen LogP contribution in [0.3, 0.4) is 0 Å². The van der Waals surface area contributed by atoms with Crippen molar-refractivity contribution in [1.82, 2.24) is 25.1 Å². The van der Waals surface area contributed by atoms with Crippen LogP contribution in [-0.4, -0.2) is 31.7 Å². The highest BCUT2D eigenvalue weighted by molar-refractivity contribution is 5.92. The summed E-state index contributed by atoms with van der Waals surface area (Å²) in [5, 5.41) is 11.7. The van der Waals surface area contributed by atoms with Gasteiger partial charge in [0.2, 0.25) is 5.91 Å². The van der Waals surface area contributed by atoms with Gasteiger partial charge in [-0.15, -0.1) is 0 Å². The second-order valence-corrected chi connectivity index (χ2v) is 5.51. The van der Waals surface area contributed by atoms with Gasteiger partial charge in [0.15, 0.2) is 5.82 Å². The summed E-state index contributed by atoms with van der Waals surface area (Å²) >= 11 is 0. The van der Waals surface area contributed by atoms with E-state index in [0.717, 1.165) is 11.6 Å². The fourth-order valence-electron chi connectivity index (χ4n) is 2.33. The van der Waals surface area contributed by atoms with E-state index < -0.39 is 17.8 Å². The molecule has 2 heterocycles. The highest BCUT2D eigenvalue weighted by Crippen LogP contribution is 2.19. The largest absolute Gasteiger partial charge is 0.334 e. The molecule has 138 valence electrons. The van der Waals surface area contributed by atoms with Gasteiger partial charge in [0.1, 0.15) is 18.5 Å². The van der Waals surface area contributed by atoms with E-state index in [9.17, 15) is 14.0 Å². The zero-order valence-electron chi connectivity index (χ0n) is 14.3. The highest BCUT2D eigenvalue weighted by Gasteiger charge is 2.10. The summed E-state index contributed by atoms with van der Waals surface area (Å²) < 4.78 is 15.1. The smallest absolute Gasteiger partial charge is 0.319 e. The molecule has 27 heavy (non-hydrogen) atoms. The first-order valence-corrected chi connectivity index (χ1v) is 7.94. The molecule has 0 aliphatic carbocycles. The molecule has 9 nitrogen and oxygen atoms in total. The summed E-state index contributed by atoms with van der Waals surface area (Å²) in [4.78, 5) is 31.4. The Kier molecular flexibility index (Phi) is 5.36. The van der Waals surface area contributed by atoms with Crippen LogP contribution in [0.2, 0.25) is 0 Å². The Morgan fingerprint density at radius 2 is 2.07 bits per heavy atom. The lowest BCUT2D eigenvalue weighted by atomic mass is 10.2. The minimum Gasteiger partial charge on any atom is -0.334 e. The number of rotatable bonds is 5. The minimum atomic E-state index is -0.594. The van der Waals surface area contributed by atoms with E-state index in [4.69, 9.17) is 0 Å². The van der Waals surface area contributed by atoms with Gasteiger partial charge in [-0.05, 0) is 24.3 Å². The van der Waals surface area contributed by atoms with Crippen molar-refractivity contribution < 1.29 is 14.0 Å². The quantitative estimate of drug-likeness (QED) is 0.637. The number of amides is 3. The molecule has 1 aromatic carbocycles. The number of carbonyl (C=O) groups excluding carboxylic acids is 2. The molecular formula is C17H16FN7O2. The lowest BCUT2D eigenvalue weighted by molar-refractivity contribution is -0.114. The van der Waals surface area contributed by atoms with Crippen LogP contribution in [0.5, 0.6) is 0 Å². The first-order valence-electron chi connectivity index (χ1n) is 7.94. The van der Waals surface area contributed by atoms with E-state index in [-0.39, 0.29) is 12.2 Å². The van der Waals surface area contributed by atoms with Crippen LogP contribution in [0.25, 0.3) is 5.82 Å². The summed E-state index contributed by atoms with van der Waals surface area (Å²) in [5.41, 5.74) is 1.05. The maximum Gasteiger partial charge on any atom is 0.319 e. The second kappa shape index (κ2) is 8.04. The van der Waals surface area contributed by atoms with E-state index in [1.165, 1.54) is 36.4 Å². The van der Waals surface area contributed by atoms with E-state index in [1.807, 2.05) is 0 Å². The molecule has 0 unspecified atom stereocenters. The average molecular weight is 369 g/mol. The average Bonchev–Trinajstić information content (AvgIpc) is 3.17. The normalized spacial score (nSPS) is 10.3. The molecule has 0 saturated heterocycles. The summed E-state index contributed by atoms with van der Waals surface area (Å²) in [6.07, 6.45) is 4.51. The SMILES string of the molecule is CC(=O)Nc1cc(NC(=O)NCc2cccnc2-n2cncn2)ccc1F. The van der Waals surface area contributed by atoms with Gasteiger partial charge in [-0.25, -0.2) is 23.8 Å². The zero-order valence-corrected chi connectivity index (χ0v) is 14.3. The van der Waals surface area contributed by atoms with Crippen LogP contribution in [0.1, 0.15) is 12.5 Å². The second-order valence-electron chi connectivity index (χ2n) is 5.51. The van der Waals surface area contributed by atoms with Gasteiger partial charge in [0.05, 0.1) is 5.69 Å². The lowest BCUT2D eigenvalue weighted by Crippen LogP contribution is -2.28. The van der Waals surface area contributed by atoms with E-state index >= 15 is 0 Å². The molecule has 0 atom stereocenters. The van der Waals surface area contributed by atoms with Crippen molar-refractivity contribution in [3.05, 3.63) is 60.6 Å². The van der Waals surface area contributed by atoms with Crippen LogP contribution in [0, 0.1) is 5.82 Å². The predicted octanol–water partition coefficient (Wildman–Crippen LogP) is 2.08. The van der Waals surface area contributed by atoms with Gasteiger partial charge in [-0.1, -0.05) is 6.07 Å². The molecule has 0 bridgehead atoms. The molecular weight excluding hydrogens is 353 g/mol. The number of urea groups is 1. The number of anilines is 2. The highest BCUT2D eigenvalue weighted by atomic mass is 19.1. The van der Waals surface area contributed by atoms with Crippen molar-refractivity contribution in [2.45, 2.75) is 13.5 Å². The molecule has 3 N–H and O–H groups in total. The number of aromatic nitrogens is 4. The zero-order chi connectivity index (χ0) is 19.2. The number of benzene rings is 1. The topological polar surface area (TPSA) is 114 Å². The van der Waals surface area contributed by atoms with Gasteiger partial charge in [0.25, 0.3) is 0 Å². The monoisotopic (exact) mass is 369 g/mol. The molecule has 0 spiro atoms. The summed E-state index contributed by atoms with van der Waals surface area (Å²) in [6.45, 7) is 1.46. The molecule has 3 aromatic rings. The van der Waals surface area contributed by atoms with Crippen LogP contribution in [-0.2, 0) is 11.3 Å². The molecule has 3 rings (SSSR count). The lowest BCUT2D eigenvalue weighted by Gasteiger charge is -2.11. The van der Waals surface area contributed by atoms with Gasteiger partial charge >= 0.3 is 6.03 Å². The van der Waals surface area contributed by atoms with Crippen molar-refractivity contribution in [2.24, 2.45) is 0 Å². The Morgan fingerprint density at radius 1 is 1.22 bits per heavy atom. The third-order valence-corrected chi connectivity index (χ3v) is 3.48. The number of hydrogen-bond acceptors (Lipinski definition) is 5. The Labute approximate surface area is 153 Å². The standard InChI is InChI=1S/C17H16FN7O2/c1-11(26)23-15-7-13(4-5-14(15)18)24-17(27)21-8-12-3-2-6-20-16(12)25-10-19-9-22-25/h2-7,9-10H,8H2,1H3,(H,23,26)(H2,21,24,27). The number of nitrogens with zero attached hydrogens (tertiary/aromatic N) is 4. The number of pyridine rings is 1. The molecule has 3 amide bonds. The van der Waals surface area contributed by atoms with Crippen LogP contribution in [0.15, 0.2) is 49.2 Å². The maximum atomic E-state index is 13.7. The molecule has 0 aliphatic rings. The third kappa shape index (κ3) is 4.63. The van der Waals surface area contributed by atoms with E-state index in [0.29, 0.717) is 11.5 Å². The third-order valence-electron chi connectivity index (χ3n) is 3.48. The van der Waals surface area contributed by atoms with Gasteiger partial charge < -0.3 is 16.0 Å². The molecule has 0 radical (unpaired) electrons. The maximum absolute atomic E-state index is 13.7. The van der Waals surface area contributed by atoms with Gasteiger partial charge in [-0.3, -0.25) is 4.79 Å². The summed E-state index contributed by atoms with van der Waals surface area (Å²) in [7, 11) is 0. The van der Waals surface area contributed by atoms with E-state index in [1.54, 1.807) is 18.3 Å². The molecule has 2 aromatic heterocycles. The van der Waals surface area contributed by atoms with Crippen LogP contribution < -0.4 is 16.0 Å². The van der Waals surface area contributed by atoms with Crippen molar-refractivity contribution in [1.29, 1.82) is 0 Å². The van der Waals surface area contributed by atoms with E-state index in [2.05, 4.69) is 31.0 Å². The minimum absolute atomic E-state index is 0.0129. The Bertz CT molecular complexity index is 960. The number of nitrogens with one attached hydrogen (secondary N) is 3. The Morgan fingerprint density at radius 3 is 2.81 bits per heavy atom. The van der Waals surface area contributed by atoms with Crippen LogP contribution >= 0.6 is 0 Å². The predicted molar refractivity (Wildman–Crippen MR) is 95.7 cm³/mol. The molecule has 10 heteroatoms. The first kappa shape index (κ1) is 18.0. The van der Waals surface area contributed by atoms with Crippen molar-refractivity contribution in [2.75, 3.05) is 10.6 Å². The van der Waals surface area contributed by atoms with Gasteiger partial charge in [0, 0.05) is 30.9 Å². The van der Waals surface area contributed by atoms with Gasteiger partial charge in [-0.2, -0.15) is 5.10 Å². The van der Waals surface area contributed by atoms with Crippen molar-refractivity contribution in [3.8, 4) is 5.82 Å². The summed E-state index contributed by atoms with van der Waals surface area (Å²) in [6, 6.07) is 6.94. The van der Waals surface area contributed by atoms with Crippen molar-refractivity contribution in [3.63, 3.8) is 0 Å². The number of carbonyl (C=O) groups is 2. The first-order chi connectivity index (χ1) is 13.0. The number of halogens is 1.